The molecule has 0 bridgehead atoms. The molecule has 2 rings (SSSR count). The van der Waals surface area contributed by atoms with Crippen LogP contribution in [-0.4, -0.2) is 25.2 Å². The van der Waals surface area contributed by atoms with Crippen molar-refractivity contribution in [2.45, 2.75) is 32.7 Å². The van der Waals surface area contributed by atoms with Crippen molar-refractivity contribution in [3.05, 3.63) is 54.1 Å². The number of anilines is 1. The van der Waals surface area contributed by atoms with Crippen molar-refractivity contribution < 1.29 is 14.3 Å². The molecule has 0 aliphatic heterocycles. The second kappa shape index (κ2) is 9.69. The van der Waals surface area contributed by atoms with E-state index < -0.39 is 0 Å². The van der Waals surface area contributed by atoms with Crippen LogP contribution in [0.25, 0.3) is 0 Å². The van der Waals surface area contributed by atoms with Gasteiger partial charge >= 0.3 is 0 Å². The Balaban J connectivity index is 1.98. The lowest BCUT2D eigenvalue weighted by molar-refractivity contribution is -0.118. The van der Waals surface area contributed by atoms with E-state index in [1.54, 1.807) is 0 Å². The van der Waals surface area contributed by atoms with Gasteiger partial charge in [0.25, 0.3) is 5.91 Å². The first-order valence-electron chi connectivity index (χ1n) is 8.61. The van der Waals surface area contributed by atoms with Crippen LogP contribution in [0.15, 0.2) is 48.5 Å². The van der Waals surface area contributed by atoms with E-state index in [4.69, 9.17) is 15.2 Å². The Labute approximate surface area is 149 Å². The van der Waals surface area contributed by atoms with Gasteiger partial charge in [-0.15, -0.1) is 0 Å². The maximum Gasteiger partial charge on any atom is 0.262 e. The van der Waals surface area contributed by atoms with Crippen LogP contribution < -0.4 is 20.5 Å². The number of amides is 1. The van der Waals surface area contributed by atoms with Crippen molar-refractivity contribution in [1.82, 2.24) is 0 Å². The minimum absolute atomic E-state index is 0.0806. The number of benzene rings is 2. The molecule has 1 amide bonds. The number of nitrogens with one attached hydrogen (secondary N) is 1. The van der Waals surface area contributed by atoms with Crippen LogP contribution in [0.4, 0.5) is 5.69 Å². The van der Waals surface area contributed by atoms with Crippen molar-refractivity contribution in [3.8, 4) is 11.5 Å². The van der Waals surface area contributed by atoms with Gasteiger partial charge in [-0.3, -0.25) is 4.79 Å². The third-order valence-corrected chi connectivity index (χ3v) is 3.75. The molecule has 2 aromatic carbocycles. The largest absolute Gasteiger partial charge is 0.490 e. The molecule has 134 valence electrons. The second-order valence-corrected chi connectivity index (χ2v) is 5.79. The summed E-state index contributed by atoms with van der Waals surface area (Å²) in [6.45, 7) is 4.42. The van der Waals surface area contributed by atoms with Gasteiger partial charge in [0.1, 0.15) is 0 Å². The molecule has 2 aromatic rings. The van der Waals surface area contributed by atoms with E-state index in [-0.39, 0.29) is 18.6 Å². The first-order valence-corrected chi connectivity index (χ1v) is 8.61. The lowest BCUT2D eigenvalue weighted by Gasteiger charge is -2.15. The zero-order valence-electron chi connectivity index (χ0n) is 14.8. The molecule has 0 aliphatic rings. The molecule has 0 saturated heterocycles. The molecule has 1 unspecified atom stereocenters. The number of nitrogens with two attached hydrogens (primary N) is 1. The van der Waals surface area contributed by atoms with Gasteiger partial charge in [-0.05, 0) is 49.6 Å². The Morgan fingerprint density at radius 2 is 1.84 bits per heavy atom. The van der Waals surface area contributed by atoms with E-state index in [1.807, 2.05) is 55.5 Å². The Kier molecular flexibility index (Phi) is 7.29. The van der Waals surface area contributed by atoms with Gasteiger partial charge in [0, 0.05) is 11.7 Å². The molecule has 0 heterocycles. The Bertz CT molecular complexity index is 674. The average Bonchev–Trinajstić information content (AvgIpc) is 2.62. The van der Waals surface area contributed by atoms with E-state index in [9.17, 15) is 4.79 Å². The number of carbonyl (C=O) groups excluding carboxylic acids is 1. The number of ether oxygens (including phenoxy) is 2. The molecular weight excluding hydrogens is 316 g/mol. The van der Waals surface area contributed by atoms with Crippen LogP contribution in [0, 0.1) is 0 Å². The first kappa shape index (κ1) is 18.8. The second-order valence-electron chi connectivity index (χ2n) is 5.79. The Morgan fingerprint density at radius 1 is 1.08 bits per heavy atom. The van der Waals surface area contributed by atoms with Crippen LogP contribution in [0.5, 0.6) is 11.5 Å². The summed E-state index contributed by atoms with van der Waals surface area (Å²) in [5.74, 6) is 0.973. The first-order chi connectivity index (χ1) is 12.1. The molecule has 0 spiro atoms. The molecule has 5 nitrogen and oxygen atoms in total. The third-order valence-electron chi connectivity index (χ3n) is 3.75. The monoisotopic (exact) mass is 342 g/mol. The van der Waals surface area contributed by atoms with Gasteiger partial charge in [-0.1, -0.05) is 31.2 Å². The summed E-state index contributed by atoms with van der Waals surface area (Å²) in [6, 6.07) is 15.1. The molecule has 0 fully saturated rings. The van der Waals surface area contributed by atoms with Gasteiger partial charge in [-0.2, -0.15) is 0 Å². The van der Waals surface area contributed by atoms with Gasteiger partial charge < -0.3 is 20.5 Å². The zero-order chi connectivity index (χ0) is 18.1. The lowest BCUT2D eigenvalue weighted by atomic mass is 10.0. The third kappa shape index (κ3) is 6.12. The summed E-state index contributed by atoms with van der Waals surface area (Å²) in [5, 5.41) is 2.79. The highest BCUT2D eigenvalue weighted by molar-refractivity contribution is 5.91. The van der Waals surface area contributed by atoms with Crippen molar-refractivity contribution in [2.24, 2.45) is 5.73 Å². The zero-order valence-corrected chi connectivity index (χ0v) is 14.8. The van der Waals surface area contributed by atoms with Gasteiger partial charge in [0.05, 0.1) is 6.61 Å². The number of hydrogen-bond donors (Lipinski definition) is 2. The predicted octanol–water partition coefficient (Wildman–Crippen LogP) is 3.38. The molecule has 0 saturated carbocycles. The van der Waals surface area contributed by atoms with Crippen LogP contribution in [0.2, 0.25) is 0 Å². The summed E-state index contributed by atoms with van der Waals surface area (Å²) < 4.78 is 11.3. The van der Waals surface area contributed by atoms with Gasteiger partial charge in [-0.25, -0.2) is 0 Å². The van der Waals surface area contributed by atoms with Crippen molar-refractivity contribution >= 4 is 11.6 Å². The molecule has 0 radical (unpaired) electrons. The maximum absolute atomic E-state index is 12.0. The minimum Gasteiger partial charge on any atom is -0.490 e. The molecular formula is C20H26N2O3. The fourth-order valence-corrected chi connectivity index (χ4v) is 2.38. The number of para-hydroxylation sites is 1. The molecule has 25 heavy (non-hydrogen) atoms. The fourth-order valence-electron chi connectivity index (χ4n) is 2.38. The number of carbonyl (C=O) groups is 1. The predicted molar refractivity (Wildman–Crippen MR) is 100 cm³/mol. The average molecular weight is 342 g/mol. The molecule has 0 aromatic heterocycles. The summed E-state index contributed by atoms with van der Waals surface area (Å²) >= 11 is 0. The summed E-state index contributed by atoms with van der Waals surface area (Å²) in [7, 11) is 0. The van der Waals surface area contributed by atoms with E-state index in [0.29, 0.717) is 18.1 Å². The SMILES string of the molecule is CCOc1cc(CC(N)CC)ccc1OCC(=O)Nc1ccccc1. The number of rotatable bonds is 9. The van der Waals surface area contributed by atoms with Crippen molar-refractivity contribution in [1.29, 1.82) is 0 Å². The molecule has 0 aliphatic carbocycles. The van der Waals surface area contributed by atoms with Gasteiger partial charge in [0.15, 0.2) is 18.1 Å². The summed E-state index contributed by atoms with van der Waals surface area (Å²) in [4.78, 5) is 12.0. The van der Waals surface area contributed by atoms with Crippen LogP contribution in [0.3, 0.4) is 0 Å². The number of hydrogen-bond acceptors (Lipinski definition) is 4. The Hall–Kier alpha value is -2.53. The van der Waals surface area contributed by atoms with E-state index in [1.165, 1.54) is 0 Å². The molecule has 5 heteroatoms. The lowest BCUT2D eigenvalue weighted by Crippen LogP contribution is -2.21. The van der Waals surface area contributed by atoms with Crippen LogP contribution in [0.1, 0.15) is 25.8 Å². The highest BCUT2D eigenvalue weighted by Crippen LogP contribution is 2.29. The summed E-state index contributed by atoms with van der Waals surface area (Å²) in [6.07, 6.45) is 1.70. The molecule has 1 atom stereocenters. The van der Waals surface area contributed by atoms with Gasteiger partial charge in [0.2, 0.25) is 0 Å². The van der Waals surface area contributed by atoms with Crippen LogP contribution >= 0.6 is 0 Å². The van der Waals surface area contributed by atoms with Crippen LogP contribution in [-0.2, 0) is 11.2 Å². The van der Waals surface area contributed by atoms with Crippen molar-refractivity contribution in [2.75, 3.05) is 18.5 Å². The van der Waals surface area contributed by atoms with E-state index >= 15 is 0 Å². The van der Waals surface area contributed by atoms with E-state index in [2.05, 4.69) is 12.2 Å². The highest BCUT2D eigenvalue weighted by atomic mass is 16.5. The smallest absolute Gasteiger partial charge is 0.262 e. The maximum atomic E-state index is 12.0. The standard InChI is InChI=1S/C20H26N2O3/c1-3-16(21)12-15-10-11-18(19(13-15)24-4-2)25-14-20(23)22-17-8-6-5-7-9-17/h5-11,13,16H,3-4,12,14,21H2,1-2H3,(H,22,23). The normalized spacial score (nSPS) is 11.6. The Morgan fingerprint density at radius 3 is 2.52 bits per heavy atom. The highest BCUT2D eigenvalue weighted by Gasteiger charge is 2.11. The minimum atomic E-state index is -0.217. The topological polar surface area (TPSA) is 73.6 Å². The van der Waals surface area contributed by atoms with Crippen molar-refractivity contribution in [3.63, 3.8) is 0 Å². The summed E-state index contributed by atoms with van der Waals surface area (Å²) in [5.41, 5.74) is 7.85. The fraction of sp³-hybridized carbons (Fsp3) is 0.350. The quantitative estimate of drug-likeness (QED) is 0.733. The molecule has 3 N–H and O–H groups in total. The van der Waals surface area contributed by atoms with E-state index in [0.717, 1.165) is 24.1 Å².